The van der Waals surface area contributed by atoms with Gasteiger partial charge in [0, 0.05) is 21.5 Å². The maximum absolute atomic E-state index is 10.5. The van der Waals surface area contributed by atoms with Gasteiger partial charge in [-0.1, -0.05) is 72.8 Å². The summed E-state index contributed by atoms with van der Waals surface area (Å²) in [5.74, 6) is 0. The van der Waals surface area contributed by atoms with Gasteiger partial charge < -0.3 is 9.13 Å². The molecule has 2 aromatic heterocycles. The van der Waals surface area contributed by atoms with E-state index in [0.29, 0.717) is 44.8 Å². The Balaban J connectivity index is 1.14. The third-order valence-electron chi connectivity index (χ3n) is 11.6. The number of hydrogen-bond donors (Lipinski definition) is 0. The van der Waals surface area contributed by atoms with Crippen LogP contribution in [0.2, 0.25) is 0 Å². The average Bonchev–Trinajstić information content (AvgIpc) is 3.85. The standard InChI is InChI=1S/C54H26N8/c55-27-33-9-17-43(41(21-33)31-59)37-15-19-51-47(23-37)45-5-1-3-7-49(45)61(51)53-25-35(11-13-39(53)29-57)36-12-14-40(30-58)54(26-36)62-50-8-4-2-6-46(50)48-24-38(16-20-52(48)62)44-18-10-34(28-56)22-42(44)32-60/h1-26H. The molecule has 10 aromatic rings. The van der Waals surface area contributed by atoms with Gasteiger partial charge in [0.05, 0.1) is 91.1 Å². The molecule has 0 saturated heterocycles. The highest BCUT2D eigenvalue weighted by molar-refractivity contribution is 6.12. The highest BCUT2D eigenvalue weighted by atomic mass is 15.0. The van der Waals surface area contributed by atoms with Crippen molar-refractivity contribution in [1.29, 1.82) is 31.6 Å². The SMILES string of the molecule is N#Cc1ccc(-c2ccc3c(c2)c2ccccc2n3-c2cc(-c3ccc(C#N)c(-n4c5ccccc5c5cc(-c6ccc(C#N)cc6C#N)ccc54)c3)ccc2C#N)c(C#N)c1. The zero-order valence-corrected chi connectivity index (χ0v) is 32.6. The molecule has 10 rings (SSSR count). The van der Waals surface area contributed by atoms with Crippen molar-refractivity contribution in [1.82, 2.24) is 9.13 Å². The lowest BCUT2D eigenvalue weighted by molar-refractivity contribution is 1.16. The van der Waals surface area contributed by atoms with Gasteiger partial charge in [-0.3, -0.25) is 0 Å². The Morgan fingerprint density at radius 3 is 1.08 bits per heavy atom. The van der Waals surface area contributed by atoms with Crippen LogP contribution in [0.1, 0.15) is 33.4 Å². The molecule has 8 nitrogen and oxygen atoms in total. The molecule has 0 aliphatic rings. The van der Waals surface area contributed by atoms with Crippen LogP contribution in [0.25, 0.3) is 88.4 Å². The van der Waals surface area contributed by atoms with Gasteiger partial charge in [0.15, 0.2) is 0 Å². The summed E-state index contributed by atoms with van der Waals surface area (Å²) in [4.78, 5) is 0. The molecule has 0 aliphatic heterocycles. The topological polar surface area (TPSA) is 153 Å². The Morgan fingerprint density at radius 1 is 0.290 bits per heavy atom. The summed E-state index contributed by atoms with van der Waals surface area (Å²) in [6, 6.07) is 63.4. The Kier molecular flexibility index (Phi) is 8.62. The van der Waals surface area contributed by atoms with Crippen molar-refractivity contribution in [3.63, 3.8) is 0 Å². The molecule has 8 heteroatoms. The first-order valence-corrected chi connectivity index (χ1v) is 19.5. The first-order chi connectivity index (χ1) is 30.5. The first-order valence-electron chi connectivity index (χ1n) is 19.5. The van der Waals surface area contributed by atoms with E-state index in [9.17, 15) is 31.6 Å². The van der Waals surface area contributed by atoms with Crippen molar-refractivity contribution in [3.05, 3.63) is 191 Å². The average molecular weight is 787 g/mol. The van der Waals surface area contributed by atoms with E-state index in [4.69, 9.17) is 0 Å². The summed E-state index contributed by atoms with van der Waals surface area (Å²) in [6.07, 6.45) is 0. The summed E-state index contributed by atoms with van der Waals surface area (Å²) in [6.45, 7) is 0. The molecule has 0 atom stereocenters. The molecule has 0 unspecified atom stereocenters. The normalized spacial score (nSPS) is 10.8. The van der Waals surface area contributed by atoms with Gasteiger partial charge in [-0.25, -0.2) is 0 Å². The van der Waals surface area contributed by atoms with Crippen molar-refractivity contribution in [2.24, 2.45) is 0 Å². The maximum atomic E-state index is 10.5. The molecule has 62 heavy (non-hydrogen) atoms. The molecular weight excluding hydrogens is 761 g/mol. The fourth-order valence-corrected chi connectivity index (χ4v) is 8.70. The minimum absolute atomic E-state index is 0.413. The molecular formula is C54H26N8. The Labute approximate surface area is 355 Å². The molecule has 0 bridgehead atoms. The van der Waals surface area contributed by atoms with Crippen molar-refractivity contribution < 1.29 is 0 Å². The summed E-state index contributed by atoms with van der Waals surface area (Å²) in [5, 5.41) is 63.7. The predicted octanol–water partition coefficient (Wildman–Crippen LogP) is 12.1. The highest BCUT2D eigenvalue weighted by Gasteiger charge is 2.20. The smallest absolute Gasteiger partial charge is 0.101 e. The molecule has 2 heterocycles. The van der Waals surface area contributed by atoms with E-state index in [0.717, 1.165) is 77.0 Å². The van der Waals surface area contributed by atoms with Crippen molar-refractivity contribution >= 4 is 43.6 Å². The fourth-order valence-electron chi connectivity index (χ4n) is 8.70. The van der Waals surface area contributed by atoms with Crippen molar-refractivity contribution in [3.8, 4) is 81.2 Å². The van der Waals surface area contributed by atoms with Gasteiger partial charge in [-0.2, -0.15) is 31.6 Å². The lowest BCUT2D eigenvalue weighted by Gasteiger charge is -2.15. The van der Waals surface area contributed by atoms with Crippen molar-refractivity contribution in [2.75, 3.05) is 0 Å². The zero-order valence-electron chi connectivity index (χ0n) is 32.6. The number of nitriles is 6. The first kappa shape index (κ1) is 36.6. The predicted molar refractivity (Wildman–Crippen MR) is 240 cm³/mol. The molecule has 0 aliphatic carbocycles. The summed E-state index contributed by atoms with van der Waals surface area (Å²) in [5.41, 5.74) is 12.4. The molecule has 0 radical (unpaired) electrons. The zero-order chi connectivity index (χ0) is 42.5. The van der Waals surface area contributed by atoms with Crippen LogP contribution in [0, 0.1) is 68.0 Å². The second-order valence-corrected chi connectivity index (χ2v) is 14.8. The van der Waals surface area contributed by atoms with E-state index in [1.54, 1.807) is 36.4 Å². The third-order valence-corrected chi connectivity index (χ3v) is 11.6. The van der Waals surface area contributed by atoms with Crippen LogP contribution in [-0.4, -0.2) is 9.13 Å². The van der Waals surface area contributed by atoms with E-state index in [-0.39, 0.29) is 0 Å². The second-order valence-electron chi connectivity index (χ2n) is 14.8. The minimum atomic E-state index is 0.413. The van der Waals surface area contributed by atoms with Crippen LogP contribution in [0.5, 0.6) is 0 Å². The summed E-state index contributed by atoms with van der Waals surface area (Å²) in [7, 11) is 0. The molecule has 0 fully saturated rings. The Bertz CT molecular complexity index is 3590. The van der Waals surface area contributed by atoms with Gasteiger partial charge in [0.2, 0.25) is 0 Å². The highest BCUT2D eigenvalue weighted by Crippen LogP contribution is 2.40. The van der Waals surface area contributed by atoms with Crippen LogP contribution >= 0.6 is 0 Å². The molecule has 8 aromatic carbocycles. The molecule has 0 spiro atoms. The minimum Gasteiger partial charge on any atom is -0.308 e. The van der Waals surface area contributed by atoms with Crippen LogP contribution in [0.3, 0.4) is 0 Å². The monoisotopic (exact) mass is 786 g/mol. The van der Waals surface area contributed by atoms with Crippen molar-refractivity contribution in [2.45, 2.75) is 0 Å². The van der Waals surface area contributed by atoms with E-state index in [1.807, 2.05) is 109 Å². The number of benzene rings is 8. The molecule has 0 saturated carbocycles. The van der Waals surface area contributed by atoms with E-state index in [2.05, 4.69) is 57.7 Å². The molecule has 282 valence electrons. The summed E-state index contributed by atoms with van der Waals surface area (Å²) < 4.78 is 4.20. The molecule has 0 N–H and O–H groups in total. The van der Waals surface area contributed by atoms with Crippen LogP contribution in [0.15, 0.2) is 158 Å². The lowest BCUT2D eigenvalue weighted by Crippen LogP contribution is -2.00. The quantitative estimate of drug-likeness (QED) is 0.169. The second kappa shape index (κ2) is 14.6. The largest absolute Gasteiger partial charge is 0.308 e. The van der Waals surface area contributed by atoms with E-state index in [1.165, 1.54) is 0 Å². The number of nitrogens with zero attached hydrogens (tertiary/aromatic N) is 8. The third kappa shape index (κ3) is 5.71. The maximum Gasteiger partial charge on any atom is 0.101 e. The van der Waals surface area contributed by atoms with Gasteiger partial charge in [-0.05, 0) is 118 Å². The Morgan fingerprint density at radius 2 is 0.677 bits per heavy atom. The number of aromatic nitrogens is 2. The van der Waals surface area contributed by atoms with E-state index >= 15 is 0 Å². The van der Waals surface area contributed by atoms with Crippen LogP contribution in [0.4, 0.5) is 0 Å². The van der Waals surface area contributed by atoms with Gasteiger partial charge in [-0.15, -0.1) is 0 Å². The van der Waals surface area contributed by atoms with Gasteiger partial charge in [0.25, 0.3) is 0 Å². The number of fused-ring (bicyclic) bond motifs is 6. The number of para-hydroxylation sites is 2. The van der Waals surface area contributed by atoms with E-state index < -0.39 is 0 Å². The van der Waals surface area contributed by atoms with Crippen LogP contribution in [-0.2, 0) is 0 Å². The van der Waals surface area contributed by atoms with Crippen LogP contribution < -0.4 is 0 Å². The summed E-state index contributed by atoms with van der Waals surface area (Å²) >= 11 is 0. The lowest BCUT2D eigenvalue weighted by atomic mass is 9.97. The Hall–Kier alpha value is -9.70. The van der Waals surface area contributed by atoms with Gasteiger partial charge >= 0.3 is 0 Å². The molecule has 0 amide bonds. The fraction of sp³-hybridized carbons (Fsp3) is 0. The van der Waals surface area contributed by atoms with Gasteiger partial charge in [0.1, 0.15) is 12.1 Å². The number of rotatable bonds is 5. The number of hydrogen-bond acceptors (Lipinski definition) is 6.